The molecular formula is C24H21BrN4O3. The number of aryl methyl sites for hydroxylation is 1. The summed E-state index contributed by atoms with van der Waals surface area (Å²) in [6, 6.07) is 18.2. The van der Waals surface area contributed by atoms with E-state index in [1.54, 1.807) is 19.2 Å². The Morgan fingerprint density at radius 1 is 1.00 bits per heavy atom. The van der Waals surface area contributed by atoms with Crippen molar-refractivity contribution in [2.75, 3.05) is 5.32 Å². The van der Waals surface area contributed by atoms with E-state index in [-0.39, 0.29) is 22.8 Å². The van der Waals surface area contributed by atoms with Gasteiger partial charge in [0.25, 0.3) is 11.1 Å². The van der Waals surface area contributed by atoms with Crippen molar-refractivity contribution in [2.24, 2.45) is 7.05 Å². The Labute approximate surface area is 191 Å². The van der Waals surface area contributed by atoms with Gasteiger partial charge in [0.05, 0.1) is 11.4 Å². The van der Waals surface area contributed by atoms with Crippen molar-refractivity contribution in [1.29, 1.82) is 0 Å². The molecule has 1 fully saturated rings. The van der Waals surface area contributed by atoms with Gasteiger partial charge in [-0.1, -0.05) is 46.3 Å². The topological polar surface area (TPSA) is 78.0 Å². The molecule has 1 N–H and O–H groups in total. The predicted molar refractivity (Wildman–Crippen MR) is 129 cm³/mol. The number of halogens is 1. The number of hydrogen-bond donors (Lipinski definition) is 1. The van der Waals surface area contributed by atoms with Gasteiger partial charge in [0.1, 0.15) is 11.0 Å². The molecule has 8 heteroatoms. The first-order valence-electron chi connectivity index (χ1n) is 10.4. The summed E-state index contributed by atoms with van der Waals surface area (Å²) in [4.78, 5) is 39.9. The molecule has 5 rings (SSSR count). The molecule has 162 valence electrons. The van der Waals surface area contributed by atoms with Gasteiger partial charge in [-0.15, -0.1) is 0 Å². The van der Waals surface area contributed by atoms with E-state index in [0.29, 0.717) is 23.3 Å². The van der Waals surface area contributed by atoms with Crippen LogP contribution in [-0.4, -0.2) is 13.7 Å². The van der Waals surface area contributed by atoms with E-state index in [1.165, 1.54) is 19.8 Å². The van der Waals surface area contributed by atoms with Crippen LogP contribution in [0.5, 0.6) is 0 Å². The van der Waals surface area contributed by atoms with Gasteiger partial charge in [0, 0.05) is 30.2 Å². The van der Waals surface area contributed by atoms with E-state index in [4.69, 9.17) is 0 Å². The van der Waals surface area contributed by atoms with Crippen molar-refractivity contribution in [3.63, 3.8) is 0 Å². The van der Waals surface area contributed by atoms with E-state index < -0.39 is 5.69 Å². The maximum absolute atomic E-state index is 13.6. The van der Waals surface area contributed by atoms with E-state index in [0.717, 1.165) is 22.9 Å². The van der Waals surface area contributed by atoms with E-state index in [1.807, 2.05) is 42.5 Å². The summed E-state index contributed by atoms with van der Waals surface area (Å²) in [5.74, 6) is 0. The molecule has 1 aliphatic rings. The molecule has 0 saturated heterocycles. The summed E-state index contributed by atoms with van der Waals surface area (Å²) in [5.41, 5.74) is 1.21. The highest BCUT2D eigenvalue weighted by molar-refractivity contribution is 9.10. The maximum Gasteiger partial charge on any atom is 0.337 e. The van der Waals surface area contributed by atoms with E-state index >= 15 is 0 Å². The predicted octanol–water partition coefficient (Wildman–Crippen LogP) is 3.56. The van der Waals surface area contributed by atoms with Crippen molar-refractivity contribution in [1.82, 2.24) is 13.7 Å². The number of nitrogens with zero attached hydrogens (tertiary/aromatic N) is 3. The standard InChI is InChI=1S/C24H21BrN4O3/c1-27-20(30)13-19(26-14-15-6-5-7-16(25)12-15)21-22(27)28(17-8-3-2-4-9-17)24(32)29(23(21)31)18-10-11-18/h2-9,12-13,18,26H,10-11,14H2,1H3. The lowest BCUT2D eigenvalue weighted by molar-refractivity contribution is 0.637. The average molecular weight is 493 g/mol. The second-order valence-corrected chi connectivity index (χ2v) is 8.91. The molecule has 32 heavy (non-hydrogen) atoms. The van der Waals surface area contributed by atoms with Crippen molar-refractivity contribution in [2.45, 2.75) is 25.4 Å². The van der Waals surface area contributed by atoms with Gasteiger partial charge in [-0.2, -0.15) is 0 Å². The molecule has 2 aromatic carbocycles. The number of rotatable bonds is 5. The monoisotopic (exact) mass is 492 g/mol. The molecular weight excluding hydrogens is 472 g/mol. The molecule has 0 aliphatic heterocycles. The van der Waals surface area contributed by atoms with Crippen LogP contribution in [0.15, 0.2) is 79.5 Å². The van der Waals surface area contributed by atoms with Crippen LogP contribution in [0.2, 0.25) is 0 Å². The minimum Gasteiger partial charge on any atom is -0.380 e. The van der Waals surface area contributed by atoms with Crippen molar-refractivity contribution < 1.29 is 0 Å². The van der Waals surface area contributed by atoms with Gasteiger partial charge in [-0.25, -0.2) is 9.36 Å². The van der Waals surface area contributed by atoms with Gasteiger partial charge >= 0.3 is 5.69 Å². The highest BCUT2D eigenvalue weighted by atomic mass is 79.9. The largest absolute Gasteiger partial charge is 0.380 e. The molecule has 0 unspecified atom stereocenters. The number of aromatic nitrogens is 3. The van der Waals surface area contributed by atoms with Crippen LogP contribution in [-0.2, 0) is 13.6 Å². The first-order chi connectivity index (χ1) is 15.5. The Balaban J connectivity index is 1.80. The van der Waals surface area contributed by atoms with Gasteiger partial charge < -0.3 is 5.32 Å². The van der Waals surface area contributed by atoms with Crippen LogP contribution < -0.4 is 22.1 Å². The maximum atomic E-state index is 13.6. The zero-order chi connectivity index (χ0) is 22.4. The third-order valence-corrected chi connectivity index (χ3v) is 6.24. The molecule has 1 saturated carbocycles. The van der Waals surface area contributed by atoms with Crippen molar-refractivity contribution in [3.05, 3.63) is 102 Å². The Kier molecular flexibility index (Phi) is 5.09. The van der Waals surface area contributed by atoms with Gasteiger partial charge in [-0.3, -0.25) is 18.7 Å². The first kappa shape index (κ1) is 20.5. The molecule has 4 aromatic rings. The highest BCUT2D eigenvalue weighted by Crippen LogP contribution is 2.33. The van der Waals surface area contributed by atoms with E-state index in [9.17, 15) is 14.4 Å². The fourth-order valence-electron chi connectivity index (χ4n) is 4.01. The number of anilines is 1. The Morgan fingerprint density at radius 2 is 1.75 bits per heavy atom. The molecule has 2 aromatic heterocycles. The average Bonchev–Trinajstić information content (AvgIpc) is 3.61. The van der Waals surface area contributed by atoms with Crippen LogP contribution in [0, 0.1) is 0 Å². The fraction of sp³-hybridized carbons (Fsp3) is 0.208. The number of benzene rings is 2. The lowest BCUT2D eigenvalue weighted by Gasteiger charge is -2.18. The molecule has 0 atom stereocenters. The Bertz CT molecular complexity index is 1520. The third-order valence-electron chi connectivity index (χ3n) is 5.75. The molecule has 0 spiro atoms. The third kappa shape index (κ3) is 3.50. The van der Waals surface area contributed by atoms with Gasteiger partial charge in [-0.05, 0) is 42.7 Å². The molecule has 0 amide bonds. The number of para-hydroxylation sites is 1. The molecule has 0 bridgehead atoms. The highest BCUT2D eigenvalue weighted by Gasteiger charge is 2.30. The summed E-state index contributed by atoms with van der Waals surface area (Å²) >= 11 is 3.46. The number of hydrogen-bond acceptors (Lipinski definition) is 4. The second kappa shape index (κ2) is 7.94. The Morgan fingerprint density at radius 3 is 2.44 bits per heavy atom. The van der Waals surface area contributed by atoms with Crippen LogP contribution in [0.1, 0.15) is 24.4 Å². The Hall–Kier alpha value is -3.39. The molecule has 2 heterocycles. The second-order valence-electron chi connectivity index (χ2n) is 8.00. The van der Waals surface area contributed by atoms with Gasteiger partial charge in [0.2, 0.25) is 0 Å². The minimum absolute atomic E-state index is 0.107. The first-order valence-corrected chi connectivity index (χ1v) is 11.2. The summed E-state index contributed by atoms with van der Waals surface area (Å²) in [6.07, 6.45) is 1.59. The number of fused-ring (bicyclic) bond motifs is 1. The summed E-state index contributed by atoms with van der Waals surface area (Å²) < 4.78 is 5.12. The minimum atomic E-state index is -0.421. The summed E-state index contributed by atoms with van der Waals surface area (Å²) in [5, 5.41) is 3.59. The van der Waals surface area contributed by atoms with E-state index in [2.05, 4.69) is 21.2 Å². The molecule has 0 radical (unpaired) electrons. The molecule has 7 nitrogen and oxygen atoms in total. The zero-order valence-electron chi connectivity index (χ0n) is 17.4. The number of nitrogens with one attached hydrogen (secondary N) is 1. The summed E-state index contributed by atoms with van der Waals surface area (Å²) in [6.45, 7) is 0.426. The van der Waals surface area contributed by atoms with Crippen LogP contribution >= 0.6 is 15.9 Å². The van der Waals surface area contributed by atoms with Gasteiger partial charge in [0.15, 0.2) is 0 Å². The van der Waals surface area contributed by atoms with Crippen molar-refractivity contribution in [3.8, 4) is 5.69 Å². The number of pyridine rings is 1. The normalized spacial score (nSPS) is 13.4. The lowest BCUT2D eigenvalue weighted by atomic mass is 10.2. The quantitative estimate of drug-likeness (QED) is 0.461. The lowest BCUT2D eigenvalue weighted by Crippen LogP contribution is -2.41. The fourth-order valence-corrected chi connectivity index (χ4v) is 4.46. The molecule has 1 aliphatic carbocycles. The van der Waals surface area contributed by atoms with Crippen LogP contribution in [0.25, 0.3) is 16.7 Å². The van der Waals surface area contributed by atoms with Crippen molar-refractivity contribution >= 4 is 32.7 Å². The summed E-state index contributed by atoms with van der Waals surface area (Å²) in [7, 11) is 1.59. The SMILES string of the molecule is Cn1c(=O)cc(NCc2cccc(Br)c2)c2c(=O)n(C3CC3)c(=O)n(-c3ccccc3)c21. The van der Waals surface area contributed by atoms with Crippen LogP contribution in [0.4, 0.5) is 5.69 Å². The zero-order valence-corrected chi connectivity index (χ0v) is 19.0. The van der Waals surface area contributed by atoms with Crippen LogP contribution in [0.3, 0.4) is 0 Å². The smallest absolute Gasteiger partial charge is 0.337 e.